The van der Waals surface area contributed by atoms with Gasteiger partial charge in [0.1, 0.15) is 18.9 Å². The van der Waals surface area contributed by atoms with Gasteiger partial charge < -0.3 is 9.84 Å². The molecule has 0 amide bonds. The Bertz CT molecular complexity index is 925. The van der Waals surface area contributed by atoms with Gasteiger partial charge in [0.25, 0.3) is 0 Å². The Morgan fingerprint density at radius 3 is 2.52 bits per heavy atom. The highest BCUT2D eigenvalue weighted by molar-refractivity contribution is 5.83. The predicted octanol–water partition coefficient (Wildman–Crippen LogP) is 3.42. The summed E-state index contributed by atoms with van der Waals surface area (Å²) in [6.07, 6.45) is 0.592. The van der Waals surface area contributed by atoms with E-state index < -0.39 is 12.3 Å². The Morgan fingerprint density at radius 1 is 0.963 bits per heavy atom. The van der Waals surface area contributed by atoms with Crippen LogP contribution in [0.15, 0.2) is 72.8 Å². The number of benzene rings is 3. The fraction of sp³-hybridized carbons (Fsp3) is 0.261. The summed E-state index contributed by atoms with van der Waals surface area (Å²) < 4.78 is 5.40. The minimum Gasteiger partial charge on any atom is -0.460 e. The summed E-state index contributed by atoms with van der Waals surface area (Å²) in [6.45, 7) is 0.253. The zero-order chi connectivity index (χ0) is 18.6. The van der Waals surface area contributed by atoms with E-state index in [1.807, 2.05) is 42.5 Å². The van der Waals surface area contributed by atoms with Crippen molar-refractivity contribution in [1.82, 2.24) is 5.32 Å². The van der Waals surface area contributed by atoms with Crippen LogP contribution in [0.5, 0.6) is 0 Å². The average Bonchev–Trinajstić information content (AvgIpc) is 3.07. The van der Waals surface area contributed by atoms with Crippen LogP contribution in [0, 0.1) is 5.92 Å². The number of esters is 1. The summed E-state index contributed by atoms with van der Waals surface area (Å²) in [4.78, 5) is 12.3. The molecule has 4 rings (SSSR count). The summed E-state index contributed by atoms with van der Waals surface area (Å²) >= 11 is 0. The van der Waals surface area contributed by atoms with Gasteiger partial charge in [0.05, 0.1) is 0 Å². The van der Waals surface area contributed by atoms with Crippen LogP contribution in [0.25, 0.3) is 10.8 Å². The molecule has 0 saturated carbocycles. The molecule has 27 heavy (non-hydrogen) atoms. The van der Waals surface area contributed by atoms with E-state index in [2.05, 4.69) is 35.6 Å². The maximum atomic E-state index is 12.3. The van der Waals surface area contributed by atoms with Crippen LogP contribution in [-0.2, 0) is 22.6 Å². The summed E-state index contributed by atoms with van der Waals surface area (Å²) in [5.41, 5.74) is 2.12. The van der Waals surface area contributed by atoms with Crippen LogP contribution in [0.2, 0.25) is 0 Å². The molecule has 1 aliphatic heterocycles. The first-order valence-electron chi connectivity index (χ1n) is 9.31. The standard InChI is InChI=1S/C23H23NO3/c25-22-20(13-17-10-11-18-8-4-5-9-19(18)12-17)14-21(24-22)23(26)27-15-16-6-2-1-3-7-16/h1-12,20-22,24-25H,13-15H2/t20-,21+,22?/m0/s1. The molecule has 0 radical (unpaired) electrons. The average molecular weight is 361 g/mol. The molecule has 3 aromatic carbocycles. The first-order valence-corrected chi connectivity index (χ1v) is 9.31. The van der Waals surface area contributed by atoms with Crippen molar-refractivity contribution in [2.24, 2.45) is 5.92 Å². The van der Waals surface area contributed by atoms with Crippen LogP contribution >= 0.6 is 0 Å². The monoisotopic (exact) mass is 361 g/mol. The molecule has 1 unspecified atom stereocenters. The number of hydrogen-bond acceptors (Lipinski definition) is 4. The number of fused-ring (bicyclic) bond motifs is 1. The van der Waals surface area contributed by atoms with Crippen LogP contribution in [0.3, 0.4) is 0 Å². The van der Waals surface area contributed by atoms with E-state index in [0.29, 0.717) is 6.42 Å². The lowest BCUT2D eigenvalue weighted by Gasteiger charge is -2.14. The summed E-state index contributed by atoms with van der Waals surface area (Å²) in [7, 11) is 0. The Morgan fingerprint density at radius 2 is 1.70 bits per heavy atom. The fourth-order valence-corrected chi connectivity index (χ4v) is 3.70. The molecule has 0 aliphatic carbocycles. The minimum absolute atomic E-state index is 0.0135. The van der Waals surface area contributed by atoms with Gasteiger partial charge in [-0.1, -0.05) is 72.8 Å². The maximum absolute atomic E-state index is 12.3. The number of hydrogen-bond donors (Lipinski definition) is 2. The lowest BCUT2D eigenvalue weighted by atomic mass is 9.94. The highest BCUT2D eigenvalue weighted by Crippen LogP contribution is 2.26. The van der Waals surface area contributed by atoms with Gasteiger partial charge in [0.15, 0.2) is 0 Å². The second-order valence-electron chi connectivity index (χ2n) is 7.14. The molecule has 0 aromatic heterocycles. The zero-order valence-electron chi connectivity index (χ0n) is 15.0. The fourth-order valence-electron chi connectivity index (χ4n) is 3.70. The molecule has 1 fully saturated rings. The van der Waals surface area contributed by atoms with E-state index in [9.17, 15) is 9.90 Å². The topological polar surface area (TPSA) is 58.6 Å². The number of carbonyl (C=O) groups excluding carboxylic acids is 1. The van der Waals surface area contributed by atoms with Gasteiger partial charge in [-0.15, -0.1) is 0 Å². The number of nitrogens with one attached hydrogen (secondary N) is 1. The number of ether oxygens (including phenoxy) is 1. The maximum Gasteiger partial charge on any atom is 0.323 e. The van der Waals surface area contributed by atoms with Gasteiger partial charge in [0, 0.05) is 5.92 Å². The first-order chi connectivity index (χ1) is 13.2. The molecular formula is C23H23NO3. The SMILES string of the molecule is O=C(OCc1ccccc1)[C@H]1C[C@H](Cc2ccc3ccccc3c2)C(O)N1. The van der Waals surface area contributed by atoms with E-state index in [-0.39, 0.29) is 18.5 Å². The highest BCUT2D eigenvalue weighted by atomic mass is 16.5. The number of carbonyl (C=O) groups is 1. The Kier molecular flexibility index (Phi) is 5.19. The Balaban J connectivity index is 1.36. The normalized spacial score (nSPS) is 22.0. The molecule has 0 bridgehead atoms. The molecule has 138 valence electrons. The molecule has 3 aromatic rings. The van der Waals surface area contributed by atoms with Crippen molar-refractivity contribution < 1.29 is 14.6 Å². The van der Waals surface area contributed by atoms with E-state index in [0.717, 1.165) is 17.5 Å². The Hall–Kier alpha value is -2.69. The van der Waals surface area contributed by atoms with Gasteiger partial charge in [-0.25, -0.2) is 0 Å². The van der Waals surface area contributed by atoms with E-state index >= 15 is 0 Å². The van der Waals surface area contributed by atoms with Crippen molar-refractivity contribution in [2.75, 3.05) is 0 Å². The molecular weight excluding hydrogens is 338 g/mol. The number of aliphatic hydroxyl groups is 1. The predicted molar refractivity (Wildman–Crippen MR) is 105 cm³/mol. The van der Waals surface area contributed by atoms with Crippen molar-refractivity contribution in [3.8, 4) is 0 Å². The number of rotatable bonds is 5. The van der Waals surface area contributed by atoms with Gasteiger partial charge in [-0.3, -0.25) is 10.1 Å². The smallest absolute Gasteiger partial charge is 0.323 e. The van der Waals surface area contributed by atoms with Gasteiger partial charge in [-0.2, -0.15) is 0 Å². The highest BCUT2D eigenvalue weighted by Gasteiger charge is 2.37. The third kappa shape index (κ3) is 4.18. The molecule has 1 saturated heterocycles. The second-order valence-corrected chi connectivity index (χ2v) is 7.14. The van der Waals surface area contributed by atoms with Crippen LogP contribution in [0.4, 0.5) is 0 Å². The molecule has 4 nitrogen and oxygen atoms in total. The molecule has 0 spiro atoms. The Labute approximate surface area is 158 Å². The first kappa shape index (κ1) is 17.7. The lowest BCUT2D eigenvalue weighted by molar-refractivity contribution is -0.147. The number of aliphatic hydroxyl groups excluding tert-OH is 1. The summed E-state index contributed by atoms with van der Waals surface area (Å²) in [6, 6.07) is 23.7. The second kappa shape index (κ2) is 7.91. The molecule has 1 heterocycles. The van der Waals surface area contributed by atoms with E-state index in [1.165, 1.54) is 10.8 Å². The van der Waals surface area contributed by atoms with Crippen molar-refractivity contribution in [3.05, 3.63) is 83.9 Å². The van der Waals surface area contributed by atoms with Crippen molar-refractivity contribution in [2.45, 2.75) is 31.7 Å². The molecule has 1 aliphatic rings. The van der Waals surface area contributed by atoms with Crippen LogP contribution in [-0.4, -0.2) is 23.3 Å². The lowest BCUT2D eigenvalue weighted by Crippen LogP contribution is -2.37. The zero-order valence-corrected chi connectivity index (χ0v) is 15.0. The summed E-state index contributed by atoms with van der Waals surface area (Å²) in [5.74, 6) is -0.320. The van der Waals surface area contributed by atoms with E-state index in [1.54, 1.807) is 0 Å². The molecule has 3 atom stereocenters. The summed E-state index contributed by atoms with van der Waals surface area (Å²) in [5, 5.41) is 15.7. The van der Waals surface area contributed by atoms with Crippen molar-refractivity contribution >= 4 is 16.7 Å². The van der Waals surface area contributed by atoms with E-state index in [4.69, 9.17) is 4.74 Å². The molecule has 4 heteroatoms. The third-order valence-electron chi connectivity index (χ3n) is 5.18. The minimum atomic E-state index is -0.703. The molecule has 2 N–H and O–H groups in total. The van der Waals surface area contributed by atoms with Gasteiger partial charge in [0.2, 0.25) is 0 Å². The largest absolute Gasteiger partial charge is 0.460 e. The van der Waals surface area contributed by atoms with Crippen molar-refractivity contribution in [1.29, 1.82) is 0 Å². The van der Waals surface area contributed by atoms with Crippen molar-refractivity contribution in [3.63, 3.8) is 0 Å². The third-order valence-corrected chi connectivity index (χ3v) is 5.18. The van der Waals surface area contributed by atoms with Gasteiger partial charge in [-0.05, 0) is 34.7 Å². The quantitative estimate of drug-likeness (QED) is 0.684. The van der Waals surface area contributed by atoms with Crippen LogP contribution in [0.1, 0.15) is 17.5 Å². The van der Waals surface area contributed by atoms with Gasteiger partial charge >= 0.3 is 5.97 Å². The van der Waals surface area contributed by atoms with Crippen LogP contribution < -0.4 is 5.32 Å².